The fraction of sp³-hybridized carbons (Fsp3) is 0.444. The van der Waals surface area contributed by atoms with E-state index in [1.54, 1.807) is 0 Å². The highest BCUT2D eigenvalue weighted by Crippen LogP contribution is 2.17. The molecule has 2 nitrogen and oxygen atoms in total. The maximum Gasteiger partial charge on any atom is 0.0354 e. The molecule has 0 radical (unpaired) electrons. The highest BCUT2D eigenvalue weighted by Gasteiger charge is 2.18. The third-order valence-electron chi connectivity index (χ3n) is 3.75. The number of allylic oxidation sites excluding steroid dienone is 1. The van der Waals surface area contributed by atoms with Gasteiger partial charge in [0.15, 0.2) is 0 Å². The summed E-state index contributed by atoms with van der Waals surface area (Å²) >= 11 is 0. The van der Waals surface area contributed by atoms with Gasteiger partial charge in [0.1, 0.15) is 0 Å². The van der Waals surface area contributed by atoms with E-state index in [1.165, 1.54) is 18.4 Å². The van der Waals surface area contributed by atoms with Crippen molar-refractivity contribution in [3.63, 3.8) is 0 Å². The van der Waals surface area contributed by atoms with Gasteiger partial charge >= 0.3 is 0 Å². The molecule has 106 valence electrons. The van der Waals surface area contributed by atoms with Crippen molar-refractivity contribution < 1.29 is 0 Å². The average molecular weight is 268 g/mol. The summed E-state index contributed by atoms with van der Waals surface area (Å²) in [6.45, 7) is 7.73. The van der Waals surface area contributed by atoms with Gasteiger partial charge in [-0.3, -0.25) is 4.90 Å². The van der Waals surface area contributed by atoms with Crippen LogP contribution in [0.3, 0.4) is 0 Å². The summed E-state index contributed by atoms with van der Waals surface area (Å²) in [4.78, 5) is 2.52. The molecule has 0 aliphatic carbocycles. The highest BCUT2D eigenvalue weighted by molar-refractivity contribution is 5.50. The number of likely N-dealkylation sites (tertiary alicyclic amines) is 1. The van der Waals surface area contributed by atoms with Gasteiger partial charge in [0.2, 0.25) is 0 Å². The number of piperidine rings is 1. The summed E-state index contributed by atoms with van der Waals surface area (Å²) in [6, 6.07) is 8.69. The van der Waals surface area contributed by atoms with Gasteiger partial charge in [-0.15, -0.1) is 6.42 Å². The zero-order valence-corrected chi connectivity index (χ0v) is 12.5. The molecule has 2 rings (SSSR count). The second-order valence-corrected chi connectivity index (χ2v) is 5.73. The van der Waals surface area contributed by atoms with Crippen molar-refractivity contribution in [2.75, 3.05) is 25.0 Å². The molecule has 0 aromatic heterocycles. The SMILES string of the molecule is C#Cc1cccc(NC2CCN(CC=C(C)C)CC2)c1. The van der Waals surface area contributed by atoms with Gasteiger partial charge in [0.25, 0.3) is 0 Å². The van der Waals surface area contributed by atoms with Crippen LogP contribution < -0.4 is 5.32 Å². The number of benzene rings is 1. The molecule has 1 aliphatic rings. The van der Waals surface area contributed by atoms with Gasteiger partial charge in [-0.25, -0.2) is 0 Å². The summed E-state index contributed by atoms with van der Waals surface area (Å²) in [5.74, 6) is 2.68. The lowest BCUT2D eigenvalue weighted by Crippen LogP contribution is -2.39. The van der Waals surface area contributed by atoms with E-state index < -0.39 is 0 Å². The minimum atomic E-state index is 0.561. The molecule has 0 atom stereocenters. The Hall–Kier alpha value is -1.72. The summed E-state index contributed by atoms with van der Waals surface area (Å²) < 4.78 is 0. The van der Waals surface area contributed by atoms with Gasteiger partial charge in [-0.05, 0) is 44.9 Å². The first-order valence-corrected chi connectivity index (χ1v) is 7.36. The van der Waals surface area contributed by atoms with Crippen molar-refractivity contribution in [1.29, 1.82) is 0 Å². The molecule has 2 heteroatoms. The number of rotatable bonds is 4. The molecule has 1 fully saturated rings. The monoisotopic (exact) mass is 268 g/mol. The van der Waals surface area contributed by atoms with Crippen LogP contribution in [0.5, 0.6) is 0 Å². The maximum atomic E-state index is 5.44. The first-order chi connectivity index (χ1) is 9.67. The molecule has 0 bridgehead atoms. The summed E-state index contributed by atoms with van der Waals surface area (Å²) in [5.41, 5.74) is 3.48. The van der Waals surface area contributed by atoms with Crippen molar-refractivity contribution in [2.24, 2.45) is 0 Å². The van der Waals surface area contributed by atoms with E-state index in [9.17, 15) is 0 Å². The molecule has 1 heterocycles. The summed E-state index contributed by atoms with van der Waals surface area (Å²) in [7, 11) is 0. The topological polar surface area (TPSA) is 15.3 Å². The fourth-order valence-corrected chi connectivity index (χ4v) is 2.51. The van der Waals surface area contributed by atoms with Crippen molar-refractivity contribution in [3.05, 3.63) is 41.5 Å². The lowest BCUT2D eigenvalue weighted by molar-refractivity contribution is 0.240. The predicted octanol–water partition coefficient (Wildman–Crippen LogP) is 3.51. The normalized spacial score (nSPS) is 16.4. The third-order valence-corrected chi connectivity index (χ3v) is 3.75. The molecule has 0 spiro atoms. The Balaban J connectivity index is 1.82. The number of nitrogens with one attached hydrogen (secondary N) is 1. The lowest BCUT2D eigenvalue weighted by atomic mass is 10.0. The number of hydrogen-bond acceptors (Lipinski definition) is 2. The van der Waals surface area contributed by atoms with E-state index in [4.69, 9.17) is 6.42 Å². The zero-order chi connectivity index (χ0) is 14.4. The minimum Gasteiger partial charge on any atom is -0.382 e. The number of hydrogen-bond donors (Lipinski definition) is 1. The second kappa shape index (κ2) is 7.17. The van der Waals surface area contributed by atoms with Gasteiger partial charge in [0.05, 0.1) is 0 Å². The van der Waals surface area contributed by atoms with Gasteiger partial charge in [0, 0.05) is 36.9 Å². The molecule has 1 aromatic rings. The Kier molecular flexibility index (Phi) is 5.26. The molecule has 1 aromatic carbocycles. The molecular weight excluding hydrogens is 244 g/mol. The van der Waals surface area contributed by atoms with Crippen molar-refractivity contribution in [3.8, 4) is 12.3 Å². The molecule has 1 aliphatic heterocycles. The lowest BCUT2D eigenvalue weighted by Gasteiger charge is -2.32. The predicted molar refractivity (Wildman–Crippen MR) is 86.9 cm³/mol. The molecule has 1 saturated heterocycles. The van der Waals surface area contributed by atoms with Crippen LogP contribution in [0.4, 0.5) is 5.69 Å². The Morgan fingerprint density at radius 3 is 2.80 bits per heavy atom. The number of terminal acetylenes is 1. The van der Waals surface area contributed by atoms with Gasteiger partial charge < -0.3 is 5.32 Å². The van der Waals surface area contributed by atoms with Crippen LogP contribution >= 0.6 is 0 Å². The van der Waals surface area contributed by atoms with Crippen LogP contribution in [-0.2, 0) is 0 Å². The van der Waals surface area contributed by atoms with Gasteiger partial charge in [-0.1, -0.05) is 23.6 Å². The van der Waals surface area contributed by atoms with E-state index in [-0.39, 0.29) is 0 Å². The van der Waals surface area contributed by atoms with Crippen LogP contribution in [0.1, 0.15) is 32.3 Å². The smallest absolute Gasteiger partial charge is 0.0354 e. The first-order valence-electron chi connectivity index (χ1n) is 7.36. The first kappa shape index (κ1) is 14.7. The second-order valence-electron chi connectivity index (χ2n) is 5.73. The van der Waals surface area contributed by atoms with E-state index in [1.807, 2.05) is 12.1 Å². The molecule has 0 saturated carbocycles. The average Bonchev–Trinajstić information content (AvgIpc) is 2.47. The summed E-state index contributed by atoms with van der Waals surface area (Å²) in [6.07, 6.45) is 10.1. The van der Waals surface area contributed by atoms with Crippen molar-refractivity contribution in [1.82, 2.24) is 4.90 Å². The van der Waals surface area contributed by atoms with Crippen LogP contribution in [0.25, 0.3) is 0 Å². The largest absolute Gasteiger partial charge is 0.382 e. The van der Waals surface area contributed by atoms with Gasteiger partial charge in [-0.2, -0.15) is 0 Å². The molecule has 0 amide bonds. The molecule has 0 unspecified atom stereocenters. The third kappa shape index (κ3) is 4.43. The van der Waals surface area contributed by atoms with Crippen molar-refractivity contribution >= 4 is 5.69 Å². The van der Waals surface area contributed by atoms with Crippen LogP contribution in [0.2, 0.25) is 0 Å². The van der Waals surface area contributed by atoms with Crippen LogP contribution in [0.15, 0.2) is 35.9 Å². The van der Waals surface area contributed by atoms with Crippen molar-refractivity contribution in [2.45, 2.75) is 32.7 Å². The van der Waals surface area contributed by atoms with E-state index in [2.05, 4.69) is 48.2 Å². The zero-order valence-electron chi connectivity index (χ0n) is 12.5. The number of anilines is 1. The van der Waals surface area contributed by atoms with Crippen LogP contribution in [-0.4, -0.2) is 30.6 Å². The quantitative estimate of drug-likeness (QED) is 0.664. The Labute approximate surface area is 122 Å². The highest BCUT2D eigenvalue weighted by atomic mass is 15.1. The molecule has 20 heavy (non-hydrogen) atoms. The standard InChI is InChI=1S/C18H24N2/c1-4-16-6-5-7-18(14-16)19-17-9-12-20(13-10-17)11-8-15(2)3/h1,5-8,14,17,19H,9-13H2,2-3H3. The van der Waals surface area contributed by atoms with E-state index in [0.717, 1.165) is 30.9 Å². The molecular formula is C18H24N2. The Morgan fingerprint density at radius 1 is 1.40 bits per heavy atom. The van der Waals surface area contributed by atoms with E-state index >= 15 is 0 Å². The van der Waals surface area contributed by atoms with E-state index in [0.29, 0.717) is 6.04 Å². The van der Waals surface area contributed by atoms with Crippen LogP contribution in [0, 0.1) is 12.3 Å². The Bertz CT molecular complexity index is 498. The summed E-state index contributed by atoms with van der Waals surface area (Å²) in [5, 5.41) is 3.60. The molecule has 1 N–H and O–H groups in total. The maximum absolute atomic E-state index is 5.44. The minimum absolute atomic E-state index is 0.561. The fourth-order valence-electron chi connectivity index (χ4n) is 2.51. The number of nitrogens with zero attached hydrogens (tertiary/aromatic N) is 1. The Morgan fingerprint density at radius 2 is 2.15 bits per heavy atom.